The van der Waals surface area contributed by atoms with E-state index in [1.165, 1.54) is 31.9 Å². The first-order valence-electron chi connectivity index (χ1n) is 7.41. The van der Waals surface area contributed by atoms with Gasteiger partial charge in [-0.2, -0.15) is 0 Å². The fourth-order valence-corrected chi connectivity index (χ4v) is 4.83. The number of nitrogens with one attached hydrogen (secondary N) is 1. The van der Waals surface area contributed by atoms with Crippen LogP contribution in [0.3, 0.4) is 0 Å². The van der Waals surface area contributed by atoms with Crippen LogP contribution in [0.4, 0.5) is 0 Å². The van der Waals surface area contributed by atoms with E-state index < -0.39 is 9.84 Å². The SMILES string of the molecule is C[C@H](NC1CCCC(S(C)(=O)=O)C1)C1CCCC1. The lowest BCUT2D eigenvalue weighted by Gasteiger charge is -2.32. The van der Waals surface area contributed by atoms with E-state index in [9.17, 15) is 8.42 Å². The second kappa shape index (κ2) is 5.91. The van der Waals surface area contributed by atoms with Crippen LogP contribution in [0.1, 0.15) is 58.3 Å². The van der Waals surface area contributed by atoms with Crippen molar-refractivity contribution in [3.05, 3.63) is 0 Å². The number of hydrogen-bond acceptors (Lipinski definition) is 3. The van der Waals surface area contributed by atoms with E-state index in [0.717, 1.165) is 31.6 Å². The van der Waals surface area contributed by atoms with E-state index in [1.807, 2.05) is 0 Å². The minimum absolute atomic E-state index is 0.112. The fraction of sp³-hybridized carbons (Fsp3) is 1.00. The Morgan fingerprint density at radius 1 is 1.06 bits per heavy atom. The van der Waals surface area contributed by atoms with Gasteiger partial charge in [-0.05, 0) is 44.9 Å². The van der Waals surface area contributed by atoms with Crippen molar-refractivity contribution in [3.8, 4) is 0 Å². The van der Waals surface area contributed by atoms with Gasteiger partial charge in [0, 0.05) is 18.3 Å². The van der Waals surface area contributed by atoms with Gasteiger partial charge in [0.25, 0.3) is 0 Å². The van der Waals surface area contributed by atoms with Crippen LogP contribution in [0.15, 0.2) is 0 Å². The molecule has 0 amide bonds. The molecule has 3 atom stereocenters. The molecule has 2 unspecified atom stereocenters. The van der Waals surface area contributed by atoms with Crippen LogP contribution in [0.5, 0.6) is 0 Å². The third-order valence-electron chi connectivity index (χ3n) is 4.84. The summed E-state index contributed by atoms with van der Waals surface area (Å²) >= 11 is 0. The first-order valence-corrected chi connectivity index (χ1v) is 9.37. The normalized spacial score (nSPS) is 32.6. The average molecular weight is 273 g/mol. The van der Waals surface area contributed by atoms with E-state index in [4.69, 9.17) is 0 Å². The molecule has 0 heterocycles. The molecule has 4 heteroatoms. The molecule has 0 bridgehead atoms. The molecule has 0 radical (unpaired) electrons. The summed E-state index contributed by atoms with van der Waals surface area (Å²) in [5, 5.41) is 3.59. The lowest BCUT2D eigenvalue weighted by Crippen LogP contribution is -2.45. The van der Waals surface area contributed by atoms with Crippen molar-refractivity contribution in [2.45, 2.75) is 75.6 Å². The van der Waals surface area contributed by atoms with Crippen molar-refractivity contribution < 1.29 is 8.42 Å². The second-order valence-corrected chi connectivity index (χ2v) is 8.64. The molecule has 2 saturated carbocycles. The third kappa shape index (κ3) is 3.70. The Hall–Kier alpha value is -0.0900. The van der Waals surface area contributed by atoms with Crippen molar-refractivity contribution in [2.24, 2.45) is 5.92 Å². The van der Waals surface area contributed by atoms with E-state index >= 15 is 0 Å². The van der Waals surface area contributed by atoms with E-state index in [1.54, 1.807) is 0 Å². The highest BCUT2D eigenvalue weighted by atomic mass is 32.2. The Morgan fingerprint density at radius 2 is 1.72 bits per heavy atom. The van der Waals surface area contributed by atoms with Crippen molar-refractivity contribution in [3.63, 3.8) is 0 Å². The first kappa shape index (κ1) is 14.3. The molecular weight excluding hydrogens is 246 g/mol. The molecule has 18 heavy (non-hydrogen) atoms. The van der Waals surface area contributed by atoms with E-state index in [-0.39, 0.29) is 5.25 Å². The van der Waals surface area contributed by atoms with Crippen molar-refractivity contribution in [1.82, 2.24) is 5.32 Å². The van der Waals surface area contributed by atoms with Gasteiger partial charge in [-0.1, -0.05) is 19.3 Å². The maximum atomic E-state index is 11.6. The number of rotatable bonds is 4. The highest BCUT2D eigenvalue weighted by Crippen LogP contribution is 2.29. The van der Waals surface area contributed by atoms with Crippen LogP contribution < -0.4 is 5.32 Å². The molecule has 0 aromatic rings. The molecule has 1 N–H and O–H groups in total. The lowest BCUT2D eigenvalue weighted by atomic mass is 9.92. The fourth-order valence-electron chi connectivity index (χ4n) is 3.65. The molecule has 3 nitrogen and oxygen atoms in total. The summed E-state index contributed by atoms with van der Waals surface area (Å²) < 4.78 is 23.3. The summed E-state index contributed by atoms with van der Waals surface area (Å²) in [5.41, 5.74) is 0. The Labute approximate surface area is 112 Å². The van der Waals surface area contributed by atoms with Gasteiger partial charge >= 0.3 is 0 Å². The smallest absolute Gasteiger partial charge is 0.150 e. The van der Waals surface area contributed by atoms with Crippen LogP contribution in [0, 0.1) is 5.92 Å². The van der Waals surface area contributed by atoms with Gasteiger partial charge in [0.15, 0.2) is 0 Å². The Bertz CT molecular complexity index is 360. The van der Waals surface area contributed by atoms with Crippen molar-refractivity contribution in [2.75, 3.05) is 6.26 Å². The third-order valence-corrected chi connectivity index (χ3v) is 6.48. The van der Waals surface area contributed by atoms with Gasteiger partial charge in [-0.3, -0.25) is 0 Å². The molecule has 2 fully saturated rings. The highest BCUT2D eigenvalue weighted by Gasteiger charge is 2.31. The number of sulfone groups is 1. The van der Waals surface area contributed by atoms with Crippen LogP contribution in [-0.4, -0.2) is 32.0 Å². The minimum Gasteiger partial charge on any atom is -0.311 e. The molecule has 0 aromatic heterocycles. The van der Waals surface area contributed by atoms with Crippen LogP contribution >= 0.6 is 0 Å². The predicted molar refractivity (Wildman–Crippen MR) is 75.4 cm³/mol. The zero-order valence-corrected chi connectivity index (χ0v) is 12.5. The Morgan fingerprint density at radius 3 is 2.33 bits per heavy atom. The summed E-state index contributed by atoms with van der Waals surface area (Å²) in [6, 6.07) is 0.963. The van der Waals surface area contributed by atoms with Gasteiger partial charge in [0.2, 0.25) is 0 Å². The maximum Gasteiger partial charge on any atom is 0.150 e. The topological polar surface area (TPSA) is 46.2 Å². The summed E-state index contributed by atoms with van der Waals surface area (Å²) in [4.78, 5) is 0. The molecule has 2 aliphatic rings. The quantitative estimate of drug-likeness (QED) is 0.856. The standard InChI is InChI=1S/C14H27NO2S/c1-11(12-6-3-4-7-12)15-13-8-5-9-14(10-13)18(2,16)17/h11-15H,3-10H2,1-2H3/t11-,13?,14?/m0/s1. The van der Waals surface area contributed by atoms with E-state index in [0.29, 0.717) is 12.1 Å². The molecule has 2 aliphatic carbocycles. The summed E-state index contributed by atoms with van der Waals surface area (Å²) in [5.74, 6) is 0.809. The van der Waals surface area contributed by atoms with Gasteiger partial charge < -0.3 is 5.32 Å². The Balaban J connectivity index is 1.85. The van der Waals surface area contributed by atoms with Crippen LogP contribution in [0.25, 0.3) is 0 Å². The van der Waals surface area contributed by atoms with E-state index in [2.05, 4.69) is 12.2 Å². The van der Waals surface area contributed by atoms with Crippen molar-refractivity contribution in [1.29, 1.82) is 0 Å². The Kier molecular flexibility index (Phi) is 4.70. The molecule has 106 valence electrons. The first-order chi connectivity index (χ1) is 8.47. The predicted octanol–water partition coefficient (Wildman–Crippen LogP) is 2.51. The summed E-state index contributed by atoms with van der Waals surface area (Å²) in [6.07, 6.45) is 10.7. The average Bonchev–Trinajstić information content (AvgIpc) is 2.81. The maximum absolute atomic E-state index is 11.6. The van der Waals surface area contributed by atoms with Gasteiger partial charge in [0.1, 0.15) is 9.84 Å². The largest absolute Gasteiger partial charge is 0.311 e. The number of hydrogen-bond donors (Lipinski definition) is 1. The lowest BCUT2D eigenvalue weighted by molar-refractivity contribution is 0.293. The summed E-state index contributed by atoms with van der Waals surface area (Å²) in [6.45, 7) is 2.28. The zero-order chi connectivity index (χ0) is 13.2. The summed E-state index contributed by atoms with van der Waals surface area (Å²) in [7, 11) is -2.85. The van der Waals surface area contributed by atoms with Gasteiger partial charge in [-0.15, -0.1) is 0 Å². The molecule has 2 rings (SSSR count). The minimum atomic E-state index is -2.85. The van der Waals surface area contributed by atoms with Gasteiger partial charge in [0.05, 0.1) is 5.25 Å². The van der Waals surface area contributed by atoms with Crippen molar-refractivity contribution >= 4 is 9.84 Å². The zero-order valence-electron chi connectivity index (χ0n) is 11.7. The van der Waals surface area contributed by atoms with Crippen LogP contribution in [0.2, 0.25) is 0 Å². The van der Waals surface area contributed by atoms with Gasteiger partial charge in [-0.25, -0.2) is 8.42 Å². The molecular formula is C14H27NO2S. The molecule has 0 spiro atoms. The molecule has 0 aromatic carbocycles. The second-order valence-electron chi connectivity index (χ2n) is 6.31. The monoisotopic (exact) mass is 273 g/mol. The van der Waals surface area contributed by atoms with Crippen LogP contribution in [-0.2, 0) is 9.84 Å². The molecule has 0 aliphatic heterocycles. The molecule has 0 saturated heterocycles. The highest BCUT2D eigenvalue weighted by molar-refractivity contribution is 7.91.